The highest BCUT2D eigenvalue weighted by Gasteiger charge is 2.34. The summed E-state index contributed by atoms with van der Waals surface area (Å²) in [5, 5.41) is 4.77. The Bertz CT molecular complexity index is 583. The van der Waals surface area contributed by atoms with E-state index < -0.39 is 11.7 Å². The maximum atomic E-state index is 12.8. The first-order chi connectivity index (χ1) is 8.86. The number of benzene rings is 1. The lowest BCUT2D eigenvalue weighted by molar-refractivity contribution is -0.138. The molecule has 1 unspecified atom stereocenters. The van der Waals surface area contributed by atoms with Crippen molar-refractivity contribution in [2.45, 2.75) is 26.9 Å². The largest absolute Gasteiger partial charge is 0.416 e. The molecule has 0 N–H and O–H groups in total. The lowest BCUT2D eigenvalue weighted by Gasteiger charge is -2.12. The van der Waals surface area contributed by atoms with Crippen LogP contribution in [0.15, 0.2) is 16.7 Å². The van der Waals surface area contributed by atoms with Crippen LogP contribution in [0.25, 0.3) is 10.9 Å². The summed E-state index contributed by atoms with van der Waals surface area (Å²) in [6, 6.07) is 1.16. The highest BCUT2D eigenvalue weighted by atomic mass is 127. The first kappa shape index (κ1) is 17.2. The van der Waals surface area contributed by atoms with Gasteiger partial charge in [0.2, 0.25) is 0 Å². The first-order valence-corrected chi connectivity index (χ1v) is 10.3. The van der Waals surface area contributed by atoms with Gasteiger partial charge in [0, 0.05) is 9.86 Å². The summed E-state index contributed by atoms with van der Waals surface area (Å²) in [6.45, 7) is 5.45. The molecule has 0 spiro atoms. The number of alkyl halides is 3. The van der Waals surface area contributed by atoms with Crippen molar-refractivity contribution < 1.29 is 13.2 Å². The molecule has 0 bridgehead atoms. The fraction of sp³-hybridized carbons (Fsp3) is 0.364. The zero-order chi connectivity index (χ0) is 14.8. The summed E-state index contributed by atoms with van der Waals surface area (Å²) in [5.74, 6) is 0. The fourth-order valence-electron chi connectivity index (χ4n) is 1.59. The minimum absolute atomic E-state index is 0.196. The standard InChI is InChI=1S/C9H6BrF3IN2P.C2H6/c1-4-6(9(11,12)13)2-7-5(8(4)10)3-15-16(7)17-14;1-2/h2-3,17H,1H3;1-2H3. The Hall–Kier alpha value is 0.120. The van der Waals surface area contributed by atoms with Gasteiger partial charge in [-0.15, -0.1) is 0 Å². The Kier molecular flexibility index (Phi) is 6.07. The molecule has 2 nitrogen and oxygen atoms in total. The van der Waals surface area contributed by atoms with Gasteiger partial charge in [0.05, 0.1) is 23.7 Å². The average Bonchev–Trinajstić information content (AvgIpc) is 2.78. The van der Waals surface area contributed by atoms with Gasteiger partial charge in [-0.25, -0.2) is 4.45 Å². The normalized spacial score (nSPS) is 12.0. The van der Waals surface area contributed by atoms with Gasteiger partial charge in [-0.05, 0) is 56.5 Å². The van der Waals surface area contributed by atoms with Crippen molar-refractivity contribution in [2.24, 2.45) is 0 Å². The van der Waals surface area contributed by atoms with Crippen molar-refractivity contribution in [1.82, 2.24) is 9.55 Å². The van der Waals surface area contributed by atoms with E-state index in [4.69, 9.17) is 0 Å². The summed E-state index contributed by atoms with van der Waals surface area (Å²) < 4.78 is 40.6. The molecular weight excluding hydrogens is 455 g/mol. The SMILES string of the molecule is CC.Cc1c(C(F)(F)F)cc2c(cnn2PI)c1Br. The van der Waals surface area contributed by atoms with Crippen LogP contribution in [0.5, 0.6) is 0 Å². The van der Waals surface area contributed by atoms with Crippen LogP contribution in [-0.2, 0) is 6.18 Å². The number of nitrogens with zero attached hydrogens (tertiary/aromatic N) is 2. The highest BCUT2D eigenvalue weighted by molar-refractivity contribution is 14.2. The van der Waals surface area contributed by atoms with E-state index in [2.05, 4.69) is 43.1 Å². The zero-order valence-corrected chi connectivity index (χ0v) is 15.2. The highest BCUT2D eigenvalue weighted by Crippen LogP contribution is 2.40. The van der Waals surface area contributed by atoms with E-state index in [1.165, 1.54) is 6.92 Å². The van der Waals surface area contributed by atoms with E-state index >= 15 is 0 Å². The summed E-state index contributed by atoms with van der Waals surface area (Å²) in [6.07, 6.45) is -2.49. The van der Waals surface area contributed by atoms with Crippen LogP contribution in [-0.4, -0.2) is 9.55 Å². The molecule has 19 heavy (non-hydrogen) atoms. The van der Waals surface area contributed by atoms with Gasteiger partial charge in [-0.3, -0.25) is 0 Å². The van der Waals surface area contributed by atoms with E-state index in [0.29, 0.717) is 15.4 Å². The Labute approximate surface area is 132 Å². The van der Waals surface area contributed by atoms with Crippen molar-refractivity contribution in [2.75, 3.05) is 0 Å². The molecule has 106 valence electrons. The number of hydrogen-bond donors (Lipinski definition) is 0. The maximum Gasteiger partial charge on any atom is 0.416 e. The maximum absolute atomic E-state index is 12.8. The second-order valence-electron chi connectivity index (χ2n) is 3.43. The van der Waals surface area contributed by atoms with Crippen molar-refractivity contribution >= 4 is 55.2 Å². The number of aromatic nitrogens is 2. The summed E-state index contributed by atoms with van der Waals surface area (Å²) in [5.41, 5.74) is 0.0807. The molecule has 0 radical (unpaired) electrons. The number of halogens is 5. The van der Waals surface area contributed by atoms with E-state index in [1.807, 2.05) is 13.8 Å². The monoisotopic (exact) mass is 466 g/mol. The lowest BCUT2D eigenvalue weighted by atomic mass is 10.1. The van der Waals surface area contributed by atoms with Gasteiger partial charge in [-0.2, -0.15) is 18.3 Å². The van der Waals surface area contributed by atoms with Gasteiger partial charge in [-0.1, -0.05) is 13.8 Å². The molecule has 2 rings (SSSR count). The molecule has 0 aliphatic rings. The van der Waals surface area contributed by atoms with Gasteiger partial charge >= 0.3 is 6.18 Å². The number of fused-ring (bicyclic) bond motifs is 1. The third-order valence-corrected chi connectivity index (χ3v) is 5.35. The molecular formula is C11H12BrF3IN2P. The predicted octanol–water partition coefficient (Wildman–Crippen LogP) is 5.94. The Balaban J connectivity index is 0.000000861. The molecule has 0 amide bonds. The molecule has 1 heterocycles. The zero-order valence-electron chi connectivity index (χ0n) is 10.4. The molecule has 1 atom stereocenters. The summed E-state index contributed by atoms with van der Waals surface area (Å²) in [7, 11) is 0. The number of rotatable bonds is 1. The van der Waals surface area contributed by atoms with Crippen LogP contribution in [0.4, 0.5) is 13.2 Å². The van der Waals surface area contributed by atoms with Crippen molar-refractivity contribution in [3.8, 4) is 0 Å². The molecule has 2 aromatic rings. The molecule has 1 aromatic carbocycles. The van der Waals surface area contributed by atoms with E-state index in [9.17, 15) is 13.2 Å². The van der Waals surface area contributed by atoms with Crippen LogP contribution in [0.2, 0.25) is 0 Å². The smallest absolute Gasteiger partial charge is 0.237 e. The van der Waals surface area contributed by atoms with E-state index in [-0.39, 0.29) is 11.9 Å². The van der Waals surface area contributed by atoms with Gasteiger partial charge < -0.3 is 0 Å². The summed E-state index contributed by atoms with van der Waals surface area (Å²) in [4.78, 5) is 0. The van der Waals surface area contributed by atoms with Gasteiger partial charge in [0.1, 0.15) is 0 Å². The quantitative estimate of drug-likeness (QED) is 0.375. The molecule has 0 fully saturated rings. The van der Waals surface area contributed by atoms with Crippen LogP contribution in [0.3, 0.4) is 0 Å². The van der Waals surface area contributed by atoms with Crippen molar-refractivity contribution in [3.05, 3.63) is 27.9 Å². The topological polar surface area (TPSA) is 17.8 Å². The minimum atomic E-state index is -4.34. The number of hydrogen-bond acceptors (Lipinski definition) is 1. The first-order valence-electron chi connectivity index (χ1n) is 5.47. The Morgan fingerprint density at radius 1 is 1.37 bits per heavy atom. The van der Waals surface area contributed by atoms with Crippen LogP contribution >= 0.6 is 44.3 Å². The van der Waals surface area contributed by atoms with Crippen molar-refractivity contribution in [3.63, 3.8) is 0 Å². The lowest BCUT2D eigenvalue weighted by Crippen LogP contribution is -2.08. The Morgan fingerprint density at radius 3 is 2.42 bits per heavy atom. The predicted molar refractivity (Wildman–Crippen MR) is 86.3 cm³/mol. The van der Waals surface area contributed by atoms with Gasteiger partial charge in [0.25, 0.3) is 0 Å². The molecule has 8 heteroatoms. The third kappa shape index (κ3) is 3.42. The van der Waals surface area contributed by atoms with Crippen molar-refractivity contribution in [1.29, 1.82) is 0 Å². The molecule has 0 saturated heterocycles. The molecule has 0 aliphatic carbocycles. The van der Waals surface area contributed by atoms with Crippen LogP contribution in [0, 0.1) is 6.92 Å². The van der Waals surface area contributed by atoms with E-state index in [0.717, 1.165) is 6.07 Å². The van der Waals surface area contributed by atoms with Crippen LogP contribution in [0.1, 0.15) is 25.0 Å². The second-order valence-corrected chi connectivity index (χ2v) is 6.27. The molecule has 1 aromatic heterocycles. The fourth-order valence-corrected chi connectivity index (χ4v) is 3.64. The minimum Gasteiger partial charge on any atom is -0.237 e. The Morgan fingerprint density at radius 2 is 1.95 bits per heavy atom. The van der Waals surface area contributed by atoms with Gasteiger partial charge in [0.15, 0.2) is 0 Å². The third-order valence-electron chi connectivity index (χ3n) is 2.44. The molecule has 0 saturated carbocycles. The average molecular weight is 467 g/mol. The van der Waals surface area contributed by atoms with E-state index in [1.54, 1.807) is 10.6 Å². The van der Waals surface area contributed by atoms with Crippen LogP contribution < -0.4 is 0 Å². The summed E-state index contributed by atoms with van der Waals surface area (Å²) >= 11 is 5.30. The molecule has 0 aliphatic heterocycles. The second kappa shape index (κ2) is 6.72.